The van der Waals surface area contributed by atoms with Crippen LogP contribution in [0.4, 0.5) is 0 Å². The van der Waals surface area contributed by atoms with Crippen LogP contribution in [-0.4, -0.2) is 17.2 Å². The van der Waals surface area contributed by atoms with E-state index in [9.17, 15) is 9.59 Å². The Kier molecular flexibility index (Phi) is 5.04. The fraction of sp³-hybridized carbons (Fsp3) is 0.429. The topological polar surface area (TPSA) is 86.2 Å². The molecule has 4 nitrogen and oxygen atoms in total. The van der Waals surface area contributed by atoms with Gasteiger partial charge in [0.05, 0.1) is 5.54 Å². The molecule has 0 aliphatic rings. The monoisotopic (exact) mass is 248 g/mol. The fourth-order valence-electron chi connectivity index (χ4n) is 1.98. The van der Waals surface area contributed by atoms with E-state index in [4.69, 9.17) is 11.5 Å². The molecule has 0 aromatic heterocycles. The number of rotatable bonds is 7. The van der Waals surface area contributed by atoms with Crippen LogP contribution in [0, 0.1) is 0 Å². The summed E-state index contributed by atoms with van der Waals surface area (Å²) in [6.45, 7) is 2.01. The summed E-state index contributed by atoms with van der Waals surface area (Å²) in [4.78, 5) is 23.0. The molecule has 0 bridgehead atoms. The van der Waals surface area contributed by atoms with Crippen molar-refractivity contribution in [3.8, 4) is 0 Å². The second-order valence-corrected chi connectivity index (χ2v) is 4.62. The fourth-order valence-corrected chi connectivity index (χ4v) is 1.98. The highest BCUT2D eigenvalue weighted by atomic mass is 16.2. The lowest BCUT2D eigenvalue weighted by Gasteiger charge is -2.26. The van der Waals surface area contributed by atoms with Gasteiger partial charge in [-0.25, -0.2) is 0 Å². The van der Waals surface area contributed by atoms with Gasteiger partial charge in [0.15, 0.2) is 0 Å². The number of ketones is 1. The van der Waals surface area contributed by atoms with Crippen molar-refractivity contribution in [3.63, 3.8) is 0 Å². The van der Waals surface area contributed by atoms with E-state index in [0.29, 0.717) is 12.8 Å². The van der Waals surface area contributed by atoms with Crippen molar-refractivity contribution in [2.75, 3.05) is 0 Å². The SMILES string of the molecule is CCCCC(N)(Cc1ccccc1)C(=O)C(N)=O. The largest absolute Gasteiger partial charge is 0.363 e. The average molecular weight is 248 g/mol. The average Bonchev–Trinajstić information content (AvgIpc) is 2.36. The number of primary amides is 1. The van der Waals surface area contributed by atoms with Crippen LogP contribution in [0.25, 0.3) is 0 Å². The summed E-state index contributed by atoms with van der Waals surface area (Å²) in [7, 11) is 0. The lowest BCUT2D eigenvalue weighted by Crippen LogP contribution is -2.54. The Morgan fingerprint density at radius 3 is 2.33 bits per heavy atom. The molecule has 0 aliphatic heterocycles. The van der Waals surface area contributed by atoms with Crippen LogP contribution in [0.15, 0.2) is 30.3 Å². The van der Waals surface area contributed by atoms with E-state index >= 15 is 0 Å². The number of Topliss-reactive ketones (excluding diaryl/α,β-unsaturated/α-hetero) is 1. The van der Waals surface area contributed by atoms with E-state index in [2.05, 4.69) is 0 Å². The van der Waals surface area contributed by atoms with Crippen molar-refractivity contribution in [2.45, 2.75) is 38.1 Å². The van der Waals surface area contributed by atoms with Gasteiger partial charge in [-0.15, -0.1) is 0 Å². The van der Waals surface area contributed by atoms with Crippen molar-refractivity contribution in [1.82, 2.24) is 0 Å². The minimum absolute atomic E-state index is 0.343. The predicted octanol–water partition coefficient (Wildman–Crippen LogP) is 1.17. The standard InChI is InChI=1S/C14H20N2O2/c1-2-3-9-14(16,12(17)13(15)18)10-11-7-5-4-6-8-11/h4-8H,2-3,9-10,16H2,1H3,(H2,15,18). The molecular weight excluding hydrogens is 228 g/mol. The Morgan fingerprint density at radius 2 is 1.83 bits per heavy atom. The molecule has 1 aromatic rings. The number of hydrogen-bond donors (Lipinski definition) is 2. The van der Waals surface area contributed by atoms with Gasteiger partial charge < -0.3 is 11.5 Å². The first-order chi connectivity index (χ1) is 8.49. The molecule has 1 rings (SSSR count). The normalized spacial score (nSPS) is 13.9. The summed E-state index contributed by atoms with van der Waals surface area (Å²) in [5, 5.41) is 0. The van der Waals surface area contributed by atoms with Crippen LogP contribution in [0.2, 0.25) is 0 Å². The Bertz CT molecular complexity index is 417. The second-order valence-electron chi connectivity index (χ2n) is 4.62. The van der Waals surface area contributed by atoms with Gasteiger partial charge in [0.25, 0.3) is 5.91 Å². The van der Waals surface area contributed by atoms with Crippen molar-refractivity contribution in [3.05, 3.63) is 35.9 Å². The highest BCUT2D eigenvalue weighted by molar-refractivity contribution is 6.39. The molecule has 0 saturated heterocycles. The van der Waals surface area contributed by atoms with Gasteiger partial charge in [0.1, 0.15) is 0 Å². The van der Waals surface area contributed by atoms with Gasteiger partial charge in [-0.1, -0.05) is 50.1 Å². The van der Waals surface area contributed by atoms with Gasteiger partial charge >= 0.3 is 0 Å². The van der Waals surface area contributed by atoms with Crippen LogP contribution in [0.5, 0.6) is 0 Å². The van der Waals surface area contributed by atoms with E-state index in [1.165, 1.54) is 0 Å². The van der Waals surface area contributed by atoms with Crippen LogP contribution >= 0.6 is 0 Å². The van der Waals surface area contributed by atoms with Gasteiger partial charge in [-0.3, -0.25) is 9.59 Å². The number of carbonyl (C=O) groups excluding carboxylic acids is 2. The van der Waals surface area contributed by atoms with Crippen LogP contribution in [-0.2, 0) is 16.0 Å². The first kappa shape index (κ1) is 14.4. The van der Waals surface area contributed by atoms with Crippen LogP contribution in [0.1, 0.15) is 31.7 Å². The molecule has 98 valence electrons. The van der Waals surface area contributed by atoms with E-state index in [-0.39, 0.29) is 0 Å². The maximum atomic E-state index is 11.9. The van der Waals surface area contributed by atoms with Gasteiger partial charge in [0, 0.05) is 0 Å². The lowest BCUT2D eigenvalue weighted by molar-refractivity contribution is -0.139. The van der Waals surface area contributed by atoms with Gasteiger partial charge in [-0.05, 0) is 18.4 Å². The minimum atomic E-state index is -1.18. The Labute approximate surface area is 107 Å². The van der Waals surface area contributed by atoms with E-state index in [0.717, 1.165) is 18.4 Å². The van der Waals surface area contributed by atoms with E-state index in [1.807, 2.05) is 37.3 Å². The summed E-state index contributed by atoms with van der Waals surface area (Å²) >= 11 is 0. The minimum Gasteiger partial charge on any atom is -0.363 e. The lowest BCUT2D eigenvalue weighted by atomic mass is 9.83. The zero-order valence-corrected chi connectivity index (χ0v) is 10.7. The smallest absolute Gasteiger partial charge is 0.286 e. The summed E-state index contributed by atoms with van der Waals surface area (Å²) < 4.78 is 0. The molecule has 1 amide bonds. The Balaban J connectivity index is 2.90. The summed E-state index contributed by atoms with van der Waals surface area (Å²) in [5.41, 5.74) is 10.9. The summed E-state index contributed by atoms with van der Waals surface area (Å²) in [6.07, 6.45) is 2.53. The first-order valence-electron chi connectivity index (χ1n) is 6.16. The van der Waals surface area contributed by atoms with Crippen LogP contribution in [0.3, 0.4) is 0 Å². The number of unbranched alkanes of at least 4 members (excludes halogenated alkanes) is 1. The highest BCUT2D eigenvalue weighted by Gasteiger charge is 2.36. The van der Waals surface area contributed by atoms with Gasteiger partial charge in [0.2, 0.25) is 5.78 Å². The molecular formula is C14H20N2O2. The summed E-state index contributed by atoms with van der Waals surface area (Å²) in [6, 6.07) is 9.43. The third-order valence-electron chi connectivity index (χ3n) is 3.01. The molecule has 1 aromatic carbocycles. The van der Waals surface area contributed by atoms with Gasteiger partial charge in [-0.2, -0.15) is 0 Å². The molecule has 0 radical (unpaired) electrons. The third-order valence-corrected chi connectivity index (χ3v) is 3.01. The van der Waals surface area contributed by atoms with Crippen molar-refractivity contribution in [2.24, 2.45) is 11.5 Å². The molecule has 0 heterocycles. The molecule has 0 fully saturated rings. The molecule has 1 atom stereocenters. The third kappa shape index (κ3) is 3.67. The van der Waals surface area contributed by atoms with Crippen molar-refractivity contribution >= 4 is 11.7 Å². The molecule has 1 unspecified atom stereocenters. The molecule has 4 N–H and O–H groups in total. The molecule has 4 heteroatoms. The quantitative estimate of drug-likeness (QED) is 0.710. The maximum Gasteiger partial charge on any atom is 0.286 e. The number of carbonyl (C=O) groups is 2. The molecule has 0 spiro atoms. The zero-order chi connectivity index (χ0) is 13.6. The molecule has 0 aliphatic carbocycles. The number of amides is 1. The summed E-state index contributed by atoms with van der Waals surface area (Å²) in [5.74, 6) is -1.63. The molecule has 0 saturated carbocycles. The zero-order valence-electron chi connectivity index (χ0n) is 10.7. The Hall–Kier alpha value is -1.68. The maximum absolute atomic E-state index is 11.9. The van der Waals surface area contributed by atoms with Crippen molar-refractivity contribution < 1.29 is 9.59 Å². The number of hydrogen-bond acceptors (Lipinski definition) is 3. The van der Waals surface area contributed by atoms with E-state index in [1.54, 1.807) is 0 Å². The number of nitrogens with two attached hydrogens (primary N) is 2. The number of benzene rings is 1. The van der Waals surface area contributed by atoms with Crippen molar-refractivity contribution in [1.29, 1.82) is 0 Å². The second kappa shape index (κ2) is 6.31. The van der Waals surface area contributed by atoms with Crippen LogP contribution < -0.4 is 11.5 Å². The highest BCUT2D eigenvalue weighted by Crippen LogP contribution is 2.19. The Morgan fingerprint density at radius 1 is 1.22 bits per heavy atom. The van der Waals surface area contributed by atoms with E-state index < -0.39 is 17.2 Å². The predicted molar refractivity (Wildman–Crippen MR) is 70.8 cm³/mol. The molecule has 18 heavy (non-hydrogen) atoms. The first-order valence-corrected chi connectivity index (χ1v) is 6.16.